The van der Waals surface area contributed by atoms with Crippen LogP contribution in [0.1, 0.15) is 85.6 Å². The maximum absolute atomic E-state index is 15.8. The number of fused-ring (bicyclic) bond motifs is 7. The highest BCUT2D eigenvalue weighted by atomic mass is 16.6. The minimum absolute atomic E-state index is 0.144. The van der Waals surface area contributed by atoms with Crippen LogP contribution < -0.4 is 15.0 Å². The molecule has 3 aromatic carbocycles. The van der Waals surface area contributed by atoms with Gasteiger partial charge in [-0.25, -0.2) is 4.79 Å². The molecule has 2 bridgehead atoms. The van der Waals surface area contributed by atoms with E-state index in [1.54, 1.807) is 19.5 Å². The van der Waals surface area contributed by atoms with Gasteiger partial charge in [0.15, 0.2) is 6.10 Å². The number of benzene rings is 3. The Balaban J connectivity index is 1.12. The number of nitrogens with one attached hydrogen (secondary N) is 2. The summed E-state index contributed by atoms with van der Waals surface area (Å²) in [6.07, 6.45) is 9.46. The Morgan fingerprint density at radius 3 is 2.46 bits per heavy atom. The number of ether oxygens (including phenoxy) is 4. The molecule has 5 aliphatic heterocycles. The summed E-state index contributed by atoms with van der Waals surface area (Å²) < 4.78 is 24.3. The largest absolute Gasteiger partial charge is 0.496 e. The summed E-state index contributed by atoms with van der Waals surface area (Å²) in [5, 5.41) is 19.9. The van der Waals surface area contributed by atoms with Gasteiger partial charge in [-0.1, -0.05) is 50.3 Å². The van der Waals surface area contributed by atoms with E-state index in [9.17, 15) is 19.5 Å². The predicted molar refractivity (Wildman–Crippen MR) is 267 cm³/mol. The Morgan fingerprint density at radius 1 is 0.915 bits per heavy atom. The monoisotopic (exact) mass is 964 g/mol. The number of methoxy groups -OCH3 is 3. The fraction of sp³-hybridized carbons (Fsp3) is 0.482. The SMILES string of the molecule is CC[C@]1(NC(=O)c2ccc3ccncc3c2)C[C@H]2CN(CCc3c([nH]c4ccccc34)[C@@](C(=O)OC)(c3cc4c(cc3OC)N(C)[C@H]3[C@@](O)(C(=O)OC)[C@H](OC(C)=O)[C@]5(CC)C=CCN6CC[C@]43[C@@H]65)C2)C1. The van der Waals surface area contributed by atoms with E-state index in [0.29, 0.717) is 88.1 Å². The number of pyridine rings is 1. The Kier molecular flexibility index (Phi) is 11.2. The molecule has 3 fully saturated rings. The summed E-state index contributed by atoms with van der Waals surface area (Å²) >= 11 is 0. The second-order valence-electron chi connectivity index (χ2n) is 21.2. The molecule has 0 radical (unpaired) electrons. The van der Waals surface area contributed by atoms with Crippen LogP contribution in [0.5, 0.6) is 5.75 Å². The number of esters is 3. The molecular formula is C56H64N6O9. The number of likely N-dealkylation sites (N-methyl/N-ethyl adjacent to an activating group) is 1. The van der Waals surface area contributed by atoms with Crippen molar-refractivity contribution in [2.45, 2.75) is 99.5 Å². The van der Waals surface area contributed by atoms with Crippen molar-refractivity contribution in [3.05, 3.63) is 113 Å². The van der Waals surface area contributed by atoms with Gasteiger partial charge in [-0.2, -0.15) is 0 Å². The van der Waals surface area contributed by atoms with Crippen molar-refractivity contribution < 1.29 is 43.2 Å². The molecule has 6 aliphatic rings. The molecule has 1 saturated carbocycles. The minimum atomic E-state index is -2.34. The first-order chi connectivity index (χ1) is 34.2. The van der Waals surface area contributed by atoms with E-state index in [1.165, 1.54) is 21.1 Å². The van der Waals surface area contributed by atoms with Gasteiger partial charge >= 0.3 is 17.9 Å². The Bertz CT molecular complexity index is 3050. The predicted octanol–water partition coefficient (Wildman–Crippen LogP) is 5.98. The molecule has 7 heterocycles. The molecule has 5 aromatic rings. The molecule has 1 aliphatic carbocycles. The van der Waals surface area contributed by atoms with E-state index in [-0.39, 0.29) is 17.9 Å². The lowest BCUT2D eigenvalue weighted by Crippen LogP contribution is -2.81. The molecular weight excluding hydrogens is 901 g/mol. The number of carbonyl (C=O) groups is 4. The lowest BCUT2D eigenvalue weighted by Gasteiger charge is -2.63. The van der Waals surface area contributed by atoms with Crippen LogP contribution in [0.25, 0.3) is 21.7 Å². The highest BCUT2D eigenvalue weighted by molar-refractivity contribution is 5.99. The van der Waals surface area contributed by atoms with Gasteiger partial charge in [-0.05, 0) is 97.8 Å². The van der Waals surface area contributed by atoms with Crippen LogP contribution in [-0.2, 0) is 45.8 Å². The summed E-state index contributed by atoms with van der Waals surface area (Å²) in [5.41, 5.74) is -1.08. The standard InChI is InChI=1S/C56H64N6O9/c1-8-52(59-46(64)36-16-15-35-17-21-57-30-37(35)25-36)28-34-29-55(50(65)69-6,45-39(18-23-61(31-34)32-52)38-13-10-11-14-42(38)58-45)41-26-40-43(27-44(41)68-5)60(4)48-54(40)20-24-62-22-12-19-53(9-2,47(54)62)49(71-33(3)63)56(48,67)51(66)70-7/h10-17,19,21,25-27,30,34,47-49,58,67H,8-9,18,20,22-24,28-29,31-32H2,1-7H3,(H,59,64)/t34-,47+,48-,49-,52+,53-,54-,55+,56+/m1/s1. The van der Waals surface area contributed by atoms with Crippen molar-refractivity contribution in [3.63, 3.8) is 0 Å². The number of anilines is 1. The number of nitrogens with zero attached hydrogens (tertiary/aromatic N) is 4. The number of hydrogen-bond acceptors (Lipinski definition) is 13. The van der Waals surface area contributed by atoms with Crippen LogP contribution in [-0.4, -0.2) is 139 Å². The molecule has 1 spiro atoms. The van der Waals surface area contributed by atoms with Gasteiger partial charge in [0.2, 0.25) is 5.60 Å². The summed E-state index contributed by atoms with van der Waals surface area (Å²) in [5.74, 6) is -1.83. The van der Waals surface area contributed by atoms with Crippen molar-refractivity contribution >= 4 is 51.2 Å². The van der Waals surface area contributed by atoms with Crippen LogP contribution in [0.4, 0.5) is 5.69 Å². The first-order valence-corrected chi connectivity index (χ1v) is 25.1. The van der Waals surface area contributed by atoms with Crippen molar-refractivity contribution in [2.75, 3.05) is 66.0 Å². The number of hydrogen-bond donors (Lipinski definition) is 3. The third kappa shape index (κ3) is 6.53. The lowest BCUT2D eigenvalue weighted by atomic mass is 9.47. The summed E-state index contributed by atoms with van der Waals surface area (Å²) in [4.78, 5) is 72.9. The normalized spacial score (nSPS) is 32.6. The number of para-hydroxylation sites is 1. The number of amides is 1. The summed E-state index contributed by atoms with van der Waals surface area (Å²) in [6.45, 7) is 8.69. The summed E-state index contributed by atoms with van der Waals surface area (Å²) in [6, 6.07) is 18.6. The van der Waals surface area contributed by atoms with E-state index in [4.69, 9.17) is 18.9 Å². The first kappa shape index (κ1) is 47.1. The van der Waals surface area contributed by atoms with E-state index < -0.39 is 57.4 Å². The number of piperidine rings is 1. The van der Waals surface area contributed by atoms with Crippen LogP contribution in [0, 0.1) is 11.3 Å². The van der Waals surface area contributed by atoms with Crippen LogP contribution >= 0.6 is 0 Å². The Hall–Kier alpha value is -6.29. The quantitative estimate of drug-likeness (QED) is 0.0896. The molecule has 1 unspecified atom stereocenters. The molecule has 15 nitrogen and oxygen atoms in total. The highest BCUT2D eigenvalue weighted by Gasteiger charge is 2.80. The fourth-order valence-electron chi connectivity index (χ4n) is 15.3. The molecule has 2 aromatic heterocycles. The Morgan fingerprint density at radius 2 is 1.72 bits per heavy atom. The topological polar surface area (TPSA) is 176 Å². The molecule has 1 amide bonds. The second kappa shape index (κ2) is 16.9. The lowest BCUT2D eigenvalue weighted by molar-refractivity contribution is -0.228. The molecule has 15 heteroatoms. The number of aliphatic hydroxyl groups is 1. The number of H-pyrrole nitrogens is 1. The maximum atomic E-state index is 15.8. The van der Waals surface area contributed by atoms with E-state index in [2.05, 4.69) is 56.3 Å². The average molecular weight is 965 g/mol. The average Bonchev–Trinajstić information content (AvgIpc) is 4.05. The minimum Gasteiger partial charge on any atom is -0.496 e. The van der Waals surface area contributed by atoms with Gasteiger partial charge in [-0.15, -0.1) is 0 Å². The third-order valence-electron chi connectivity index (χ3n) is 17.9. The van der Waals surface area contributed by atoms with Crippen molar-refractivity contribution in [2.24, 2.45) is 11.3 Å². The van der Waals surface area contributed by atoms with E-state index in [0.717, 1.165) is 44.2 Å². The number of aromatic nitrogens is 2. The zero-order valence-corrected chi connectivity index (χ0v) is 41.7. The molecule has 71 heavy (non-hydrogen) atoms. The van der Waals surface area contributed by atoms with Gasteiger partial charge in [-0.3, -0.25) is 24.3 Å². The first-order valence-electron chi connectivity index (χ1n) is 25.1. The van der Waals surface area contributed by atoms with Gasteiger partial charge in [0.05, 0.1) is 32.9 Å². The second-order valence-corrected chi connectivity index (χ2v) is 21.2. The number of carbonyl (C=O) groups excluding carboxylic acids is 4. The van der Waals surface area contributed by atoms with Gasteiger partial charge in [0.1, 0.15) is 11.2 Å². The number of aromatic amines is 1. The fourth-order valence-corrected chi connectivity index (χ4v) is 15.3. The zero-order chi connectivity index (χ0) is 49.8. The molecule has 11 rings (SSSR count). The van der Waals surface area contributed by atoms with Gasteiger partial charge < -0.3 is 44.2 Å². The summed E-state index contributed by atoms with van der Waals surface area (Å²) in [7, 11) is 6.17. The molecule has 2 saturated heterocycles. The smallest absolute Gasteiger partial charge is 0.344 e. The van der Waals surface area contributed by atoms with E-state index in [1.807, 2.05) is 67.4 Å². The van der Waals surface area contributed by atoms with Crippen LogP contribution in [0.2, 0.25) is 0 Å². The Labute approximate surface area is 413 Å². The zero-order valence-electron chi connectivity index (χ0n) is 41.7. The molecule has 3 N–H and O–H groups in total. The van der Waals surface area contributed by atoms with Gasteiger partial charge in [0.25, 0.3) is 5.91 Å². The number of rotatable bonds is 9. The highest BCUT2D eigenvalue weighted by Crippen LogP contribution is 2.68. The van der Waals surface area contributed by atoms with Gasteiger partial charge in [0, 0.05) is 114 Å². The van der Waals surface area contributed by atoms with Crippen molar-refractivity contribution in [1.29, 1.82) is 0 Å². The van der Waals surface area contributed by atoms with Crippen molar-refractivity contribution in [3.8, 4) is 5.75 Å². The van der Waals surface area contributed by atoms with Crippen LogP contribution in [0.15, 0.2) is 85.2 Å². The van der Waals surface area contributed by atoms with E-state index >= 15 is 4.79 Å². The van der Waals surface area contributed by atoms with Crippen LogP contribution in [0.3, 0.4) is 0 Å². The third-order valence-corrected chi connectivity index (χ3v) is 17.9. The van der Waals surface area contributed by atoms with Crippen molar-refractivity contribution in [1.82, 2.24) is 25.1 Å². The molecule has 372 valence electrons. The maximum Gasteiger partial charge on any atom is 0.344 e. The molecule has 10 atom stereocenters.